The van der Waals surface area contributed by atoms with E-state index in [4.69, 9.17) is 16.3 Å². The average molecular weight is 521 g/mol. The van der Waals surface area contributed by atoms with Gasteiger partial charge in [0.05, 0.1) is 41.1 Å². The monoisotopic (exact) mass is 519 g/mol. The van der Waals surface area contributed by atoms with Gasteiger partial charge in [-0.25, -0.2) is 4.98 Å². The van der Waals surface area contributed by atoms with Crippen molar-refractivity contribution in [3.8, 4) is 11.1 Å². The van der Waals surface area contributed by atoms with Crippen LogP contribution in [0.4, 0.5) is 4.39 Å². The van der Waals surface area contributed by atoms with E-state index in [0.29, 0.717) is 30.8 Å². The highest BCUT2D eigenvalue weighted by atomic mass is 79.9. The molecule has 2 saturated heterocycles. The highest BCUT2D eigenvalue weighted by Gasteiger charge is 2.36. The molecule has 7 nitrogen and oxygen atoms in total. The highest BCUT2D eigenvalue weighted by Crippen LogP contribution is 2.33. The normalized spacial score (nSPS) is 21.4. The first-order valence-corrected chi connectivity index (χ1v) is 11.4. The Hall–Kier alpha value is -2.33. The molecule has 2 fully saturated rings. The molecule has 32 heavy (non-hydrogen) atoms. The van der Waals surface area contributed by atoms with Gasteiger partial charge < -0.3 is 9.64 Å². The van der Waals surface area contributed by atoms with Crippen molar-refractivity contribution in [2.75, 3.05) is 32.8 Å². The number of rotatable bonds is 3. The van der Waals surface area contributed by atoms with Crippen molar-refractivity contribution in [3.63, 3.8) is 0 Å². The van der Waals surface area contributed by atoms with Crippen LogP contribution in [-0.4, -0.2) is 69.7 Å². The molecule has 0 aliphatic carbocycles. The third-order valence-electron chi connectivity index (χ3n) is 6.02. The molecule has 2 atom stereocenters. The Labute approximate surface area is 197 Å². The summed E-state index contributed by atoms with van der Waals surface area (Å²) in [7, 11) is 0. The second-order valence-electron chi connectivity index (χ2n) is 7.90. The van der Waals surface area contributed by atoms with E-state index in [1.807, 2.05) is 18.3 Å². The molecule has 4 heterocycles. The zero-order valence-electron chi connectivity index (χ0n) is 17.0. The van der Waals surface area contributed by atoms with Crippen LogP contribution in [0.3, 0.4) is 0 Å². The lowest BCUT2D eigenvalue weighted by Crippen LogP contribution is -2.59. The largest absolute Gasteiger partial charge is 0.370 e. The van der Waals surface area contributed by atoms with Crippen LogP contribution in [-0.2, 0) is 4.74 Å². The Morgan fingerprint density at radius 1 is 1.19 bits per heavy atom. The predicted octanol–water partition coefficient (Wildman–Crippen LogP) is 3.92. The molecule has 0 radical (unpaired) electrons. The summed E-state index contributed by atoms with van der Waals surface area (Å²) in [6, 6.07) is 9.09. The van der Waals surface area contributed by atoms with Gasteiger partial charge in [-0.05, 0) is 28.1 Å². The molecule has 3 aromatic rings. The molecule has 5 rings (SSSR count). The minimum absolute atomic E-state index is 0.0370. The molecular formula is C22H20BrClFN5O2. The first-order chi connectivity index (χ1) is 15.5. The number of fused-ring (bicyclic) bond motifs is 1. The lowest BCUT2D eigenvalue weighted by atomic mass is 10.0. The number of morpholine rings is 1. The molecule has 1 unspecified atom stereocenters. The molecule has 0 saturated carbocycles. The van der Waals surface area contributed by atoms with E-state index >= 15 is 0 Å². The number of nitrogens with one attached hydrogen (secondary N) is 1. The van der Waals surface area contributed by atoms with Crippen LogP contribution in [0.2, 0.25) is 5.02 Å². The number of carbonyl (C=O) groups excluding carboxylic acids is 1. The summed E-state index contributed by atoms with van der Waals surface area (Å²) < 4.78 is 20.9. The van der Waals surface area contributed by atoms with Crippen LogP contribution >= 0.6 is 27.5 Å². The summed E-state index contributed by atoms with van der Waals surface area (Å²) in [5, 5.41) is 6.19. The third kappa shape index (κ3) is 4.05. The summed E-state index contributed by atoms with van der Waals surface area (Å²) >= 11 is 9.88. The lowest BCUT2D eigenvalue weighted by molar-refractivity contribution is -0.0859. The number of piperazine rings is 1. The van der Waals surface area contributed by atoms with Gasteiger partial charge in [0.1, 0.15) is 4.60 Å². The molecule has 0 spiro atoms. The van der Waals surface area contributed by atoms with Gasteiger partial charge in [0.2, 0.25) is 5.95 Å². The van der Waals surface area contributed by atoms with Crippen LogP contribution < -0.4 is 0 Å². The van der Waals surface area contributed by atoms with Gasteiger partial charge >= 0.3 is 0 Å². The SMILES string of the molecule is O=C(c1cccc(-c2cn[nH]c2F)c1Cl)N1CCN2CC(c3ccc(Br)nc3)OC[C@@H]2C1. The number of H-pyrrole nitrogens is 1. The van der Waals surface area contributed by atoms with Gasteiger partial charge in [0.25, 0.3) is 5.91 Å². The molecule has 0 bridgehead atoms. The summed E-state index contributed by atoms with van der Waals surface area (Å²) in [5.41, 5.74) is 2.08. The van der Waals surface area contributed by atoms with Crippen molar-refractivity contribution >= 4 is 33.4 Å². The van der Waals surface area contributed by atoms with Crippen molar-refractivity contribution in [2.24, 2.45) is 0 Å². The third-order valence-corrected chi connectivity index (χ3v) is 6.89. The number of benzene rings is 1. The number of nitrogens with zero attached hydrogens (tertiary/aromatic N) is 4. The fourth-order valence-electron chi connectivity index (χ4n) is 4.28. The maximum atomic E-state index is 14.0. The quantitative estimate of drug-likeness (QED) is 0.530. The van der Waals surface area contributed by atoms with Gasteiger partial charge in [0.15, 0.2) is 0 Å². The molecule has 10 heteroatoms. The van der Waals surface area contributed by atoms with E-state index in [1.165, 1.54) is 6.20 Å². The second-order valence-corrected chi connectivity index (χ2v) is 9.09. The van der Waals surface area contributed by atoms with E-state index in [0.717, 1.165) is 23.3 Å². The number of pyridine rings is 1. The summed E-state index contributed by atoms with van der Waals surface area (Å²) in [5.74, 6) is -0.750. The van der Waals surface area contributed by atoms with Crippen LogP contribution in [0.1, 0.15) is 22.0 Å². The van der Waals surface area contributed by atoms with Crippen LogP contribution in [0.5, 0.6) is 0 Å². The maximum absolute atomic E-state index is 14.0. The van der Waals surface area contributed by atoms with Gasteiger partial charge in [0, 0.05) is 43.5 Å². The van der Waals surface area contributed by atoms with Gasteiger partial charge in [-0.15, -0.1) is 0 Å². The Morgan fingerprint density at radius 2 is 2.06 bits per heavy atom. The van der Waals surface area contributed by atoms with Crippen LogP contribution in [0.25, 0.3) is 11.1 Å². The van der Waals surface area contributed by atoms with Gasteiger partial charge in [-0.1, -0.05) is 29.8 Å². The standard InChI is InChI=1S/C22H20BrClFN5O2/c23-19-5-4-13(8-26-19)18-11-29-6-7-30(10-14(29)12-32-18)22(31)16-3-1-2-15(20(16)24)17-9-27-28-21(17)25/h1-5,8-9,14,18H,6-7,10-12H2,(H,27,28)/t14-,18?/m0/s1. The summed E-state index contributed by atoms with van der Waals surface area (Å²) in [4.78, 5) is 21.7. The first-order valence-electron chi connectivity index (χ1n) is 10.3. The van der Waals surface area contributed by atoms with Crippen molar-refractivity contribution in [1.29, 1.82) is 0 Å². The first kappa shape index (κ1) is 21.5. The maximum Gasteiger partial charge on any atom is 0.255 e. The number of ether oxygens (including phenoxy) is 1. The topological polar surface area (TPSA) is 74.4 Å². The van der Waals surface area contributed by atoms with E-state index in [-0.39, 0.29) is 28.6 Å². The number of hydrogen-bond acceptors (Lipinski definition) is 5. The van der Waals surface area contributed by atoms with E-state index < -0.39 is 5.95 Å². The number of amides is 1. The van der Waals surface area contributed by atoms with Gasteiger partial charge in [-0.3, -0.25) is 14.8 Å². The van der Waals surface area contributed by atoms with E-state index in [2.05, 4.69) is 36.0 Å². The van der Waals surface area contributed by atoms with Crippen LogP contribution in [0.15, 0.2) is 47.3 Å². The summed E-state index contributed by atoms with van der Waals surface area (Å²) in [6.07, 6.45) is 3.15. The number of aromatic nitrogens is 3. The molecule has 1 N–H and O–H groups in total. The molecule has 2 aromatic heterocycles. The van der Waals surface area contributed by atoms with Crippen molar-refractivity contribution in [3.05, 3.63) is 69.4 Å². The fourth-order valence-corrected chi connectivity index (χ4v) is 4.82. The number of aromatic amines is 1. The smallest absolute Gasteiger partial charge is 0.255 e. The minimum atomic E-state index is -0.583. The van der Waals surface area contributed by atoms with E-state index in [9.17, 15) is 9.18 Å². The van der Waals surface area contributed by atoms with Crippen molar-refractivity contribution in [2.45, 2.75) is 12.1 Å². The average Bonchev–Trinajstić information content (AvgIpc) is 3.24. The van der Waals surface area contributed by atoms with Crippen LogP contribution in [0, 0.1) is 5.95 Å². The predicted molar refractivity (Wildman–Crippen MR) is 121 cm³/mol. The molecule has 166 valence electrons. The summed E-state index contributed by atoms with van der Waals surface area (Å²) in [6.45, 7) is 3.16. The Bertz CT molecular complexity index is 1140. The van der Waals surface area contributed by atoms with Gasteiger partial charge in [-0.2, -0.15) is 9.49 Å². The zero-order valence-corrected chi connectivity index (χ0v) is 19.3. The van der Waals surface area contributed by atoms with Crippen molar-refractivity contribution < 1.29 is 13.9 Å². The second kappa shape index (κ2) is 8.90. The fraction of sp³-hybridized carbons (Fsp3) is 0.318. The molecular weight excluding hydrogens is 501 g/mol. The molecule has 1 amide bonds. The Balaban J connectivity index is 1.29. The lowest BCUT2D eigenvalue weighted by Gasteiger charge is -2.46. The molecule has 1 aromatic carbocycles. The Kier molecular flexibility index (Phi) is 5.98. The molecule has 2 aliphatic rings. The Morgan fingerprint density at radius 3 is 2.81 bits per heavy atom. The number of halogens is 3. The number of hydrogen-bond donors (Lipinski definition) is 1. The molecule has 2 aliphatic heterocycles. The zero-order chi connectivity index (χ0) is 22.2. The van der Waals surface area contributed by atoms with Crippen molar-refractivity contribution in [1.82, 2.24) is 25.0 Å². The number of carbonyl (C=O) groups is 1. The van der Waals surface area contributed by atoms with E-state index in [1.54, 1.807) is 23.1 Å². The minimum Gasteiger partial charge on any atom is -0.370 e. The highest BCUT2D eigenvalue weighted by molar-refractivity contribution is 9.10.